The molecule has 2 aromatic heterocycles. The monoisotopic (exact) mass is 426 g/mol. The summed E-state index contributed by atoms with van der Waals surface area (Å²) in [4.78, 5) is 29.4. The summed E-state index contributed by atoms with van der Waals surface area (Å²) in [6, 6.07) is 15.5. The number of aromatic nitrogens is 3. The van der Waals surface area contributed by atoms with Crippen molar-refractivity contribution in [2.24, 2.45) is 5.92 Å². The number of carbonyl (C=O) groups is 1. The van der Waals surface area contributed by atoms with E-state index in [4.69, 9.17) is 0 Å². The summed E-state index contributed by atoms with van der Waals surface area (Å²) in [7, 11) is 0. The Morgan fingerprint density at radius 2 is 1.91 bits per heavy atom. The number of rotatable bonds is 6. The number of para-hydroxylation sites is 1. The number of nitrogens with one attached hydrogen (secondary N) is 2. The number of amides is 1. The third-order valence-electron chi connectivity index (χ3n) is 6.42. The van der Waals surface area contributed by atoms with Crippen molar-refractivity contribution >= 4 is 33.3 Å². The molecule has 1 amide bonds. The maximum absolute atomic E-state index is 12.5. The lowest BCUT2D eigenvalue weighted by Crippen LogP contribution is -2.15. The summed E-state index contributed by atoms with van der Waals surface area (Å²) in [6.07, 6.45) is 8.90. The minimum atomic E-state index is -0.262. The molecule has 0 aliphatic heterocycles. The van der Waals surface area contributed by atoms with E-state index in [9.17, 15) is 9.59 Å². The topological polar surface area (TPSA) is 87.7 Å². The number of hydrogen-bond acceptors (Lipinski definition) is 4. The van der Waals surface area contributed by atoms with Gasteiger partial charge in [-0.3, -0.25) is 14.6 Å². The number of hydrogen-bond donors (Lipinski definition) is 2. The van der Waals surface area contributed by atoms with Crippen LogP contribution in [0.3, 0.4) is 0 Å². The predicted molar refractivity (Wildman–Crippen MR) is 127 cm³/mol. The van der Waals surface area contributed by atoms with E-state index in [0.717, 1.165) is 34.0 Å². The molecule has 1 fully saturated rings. The van der Waals surface area contributed by atoms with Gasteiger partial charge in [0.1, 0.15) is 0 Å². The maximum atomic E-state index is 12.5. The van der Waals surface area contributed by atoms with Gasteiger partial charge in [-0.1, -0.05) is 49.9 Å². The van der Waals surface area contributed by atoms with Crippen LogP contribution in [0.4, 0.5) is 5.69 Å². The molecular formula is C26H26N4O2. The summed E-state index contributed by atoms with van der Waals surface area (Å²) < 4.78 is 0. The van der Waals surface area contributed by atoms with Crippen molar-refractivity contribution in [3.63, 3.8) is 0 Å². The normalized spacial score (nSPS) is 14.2. The Bertz CT molecular complexity index is 1340. The summed E-state index contributed by atoms with van der Waals surface area (Å²) in [5, 5.41) is 12.2. The first-order valence-corrected chi connectivity index (χ1v) is 11.3. The summed E-state index contributed by atoms with van der Waals surface area (Å²) >= 11 is 0. The molecule has 2 heterocycles. The average Bonchev–Trinajstić information content (AvgIpc) is 3.33. The van der Waals surface area contributed by atoms with Crippen LogP contribution in [-0.2, 0) is 11.2 Å². The maximum Gasteiger partial charge on any atom is 0.272 e. The number of anilines is 1. The van der Waals surface area contributed by atoms with Gasteiger partial charge >= 0.3 is 0 Å². The zero-order chi connectivity index (χ0) is 21.9. The Morgan fingerprint density at radius 1 is 1.06 bits per heavy atom. The van der Waals surface area contributed by atoms with Crippen LogP contribution < -0.4 is 10.9 Å². The van der Waals surface area contributed by atoms with Crippen LogP contribution in [0, 0.1) is 5.92 Å². The molecule has 5 rings (SSSR count). The Morgan fingerprint density at radius 3 is 2.78 bits per heavy atom. The molecule has 6 nitrogen and oxygen atoms in total. The molecule has 1 aliphatic carbocycles. The third-order valence-corrected chi connectivity index (χ3v) is 6.42. The molecule has 0 bridgehead atoms. The zero-order valence-corrected chi connectivity index (χ0v) is 17.9. The minimum absolute atomic E-state index is 0.00389. The predicted octanol–water partition coefficient (Wildman–Crippen LogP) is 4.97. The highest BCUT2D eigenvalue weighted by atomic mass is 16.1. The molecule has 162 valence electrons. The van der Waals surface area contributed by atoms with E-state index < -0.39 is 0 Å². The largest absolute Gasteiger partial charge is 0.326 e. The van der Waals surface area contributed by atoms with Crippen molar-refractivity contribution in [3.8, 4) is 0 Å². The minimum Gasteiger partial charge on any atom is -0.326 e. The van der Waals surface area contributed by atoms with Crippen LogP contribution in [0.15, 0.2) is 59.5 Å². The number of nitrogens with zero attached hydrogens (tertiary/aromatic N) is 2. The smallest absolute Gasteiger partial charge is 0.272 e. The first-order valence-electron chi connectivity index (χ1n) is 11.3. The van der Waals surface area contributed by atoms with Gasteiger partial charge in [-0.2, -0.15) is 5.10 Å². The van der Waals surface area contributed by atoms with Gasteiger partial charge in [0.25, 0.3) is 5.56 Å². The van der Waals surface area contributed by atoms with Crippen molar-refractivity contribution < 1.29 is 4.79 Å². The van der Waals surface area contributed by atoms with Gasteiger partial charge < -0.3 is 5.32 Å². The first kappa shape index (κ1) is 20.4. The van der Waals surface area contributed by atoms with Crippen LogP contribution in [0.1, 0.15) is 49.8 Å². The Kier molecular flexibility index (Phi) is 5.67. The van der Waals surface area contributed by atoms with Crippen LogP contribution in [0.2, 0.25) is 0 Å². The second kappa shape index (κ2) is 8.91. The molecule has 2 aromatic carbocycles. The quantitative estimate of drug-likeness (QED) is 0.456. The van der Waals surface area contributed by atoms with Gasteiger partial charge in [-0.05, 0) is 42.2 Å². The zero-order valence-electron chi connectivity index (χ0n) is 17.9. The standard InChI is InChI=1S/C26H26N4O2/c31-25(12-9-17-5-1-2-6-17)28-20-10-11-21-22(15-20)26(32)30-29-24(21)14-18-13-19-7-3-4-8-23(19)27-16-18/h3-4,7-8,10-11,13,15-17H,1-2,5-6,9,12,14H2,(H,28,31)(H,30,32). The van der Waals surface area contributed by atoms with Gasteiger partial charge in [0.2, 0.25) is 5.91 Å². The van der Waals surface area contributed by atoms with E-state index >= 15 is 0 Å². The molecule has 0 spiro atoms. The fraction of sp³-hybridized carbons (Fsp3) is 0.308. The van der Waals surface area contributed by atoms with E-state index in [1.165, 1.54) is 25.7 Å². The highest BCUT2D eigenvalue weighted by Gasteiger charge is 2.16. The van der Waals surface area contributed by atoms with Crippen LogP contribution >= 0.6 is 0 Å². The van der Waals surface area contributed by atoms with Gasteiger partial charge in [0, 0.05) is 35.5 Å². The molecule has 0 radical (unpaired) electrons. The first-order chi connectivity index (χ1) is 15.7. The van der Waals surface area contributed by atoms with Gasteiger partial charge in [0.05, 0.1) is 16.6 Å². The highest BCUT2D eigenvalue weighted by molar-refractivity contribution is 5.94. The van der Waals surface area contributed by atoms with Gasteiger partial charge in [-0.15, -0.1) is 0 Å². The van der Waals surface area contributed by atoms with Crippen molar-refractivity contribution in [1.29, 1.82) is 0 Å². The Labute approximate surface area is 186 Å². The van der Waals surface area contributed by atoms with E-state index in [1.807, 2.05) is 42.6 Å². The molecule has 32 heavy (non-hydrogen) atoms. The summed E-state index contributed by atoms with van der Waals surface area (Å²) in [5.41, 5.74) is 3.12. The number of carbonyl (C=O) groups excluding carboxylic acids is 1. The molecule has 0 unspecified atom stereocenters. The summed E-state index contributed by atoms with van der Waals surface area (Å²) in [6.45, 7) is 0. The van der Waals surface area contributed by atoms with Crippen molar-refractivity contribution in [3.05, 3.63) is 76.3 Å². The highest BCUT2D eigenvalue weighted by Crippen LogP contribution is 2.29. The van der Waals surface area contributed by atoms with Crippen molar-refractivity contribution in [1.82, 2.24) is 15.2 Å². The number of H-pyrrole nitrogens is 1. The van der Waals surface area contributed by atoms with Crippen LogP contribution in [-0.4, -0.2) is 21.1 Å². The number of aromatic amines is 1. The Balaban J connectivity index is 1.36. The number of pyridine rings is 1. The molecule has 1 saturated carbocycles. The fourth-order valence-corrected chi connectivity index (χ4v) is 4.70. The lowest BCUT2D eigenvalue weighted by molar-refractivity contribution is -0.116. The summed E-state index contributed by atoms with van der Waals surface area (Å²) in [5.74, 6) is 0.683. The number of benzene rings is 2. The van der Waals surface area contributed by atoms with Crippen LogP contribution in [0.5, 0.6) is 0 Å². The lowest BCUT2D eigenvalue weighted by atomic mass is 10.0. The second-order valence-corrected chi connectivity index (χ2v) is 8.71. The molecule has 2 N–H and O–H groups in total. The Hall–Kier alpha value is -3.54. The van der Waals surface area contributed by atoms with E-state index in [1.54, 1.807) is 6.07 Å². The second-order valence-electron chi connectivity index (χ2n) is 8.71. The van der Waals surface area contributed by atoms with Crippen molar-refractivity contribution in [2.75, 3.05) is 5.32 Å². The molecular weight excluding hydrogens is 400 g/mol. The molecule has 1 aliphatic rings. The van der Waals surface area contributed by atoms with Crippen molar-refractivity contribution in [2.45, 2.75) is 44.9 Å². The number of fused-ring (bicyclic) bond motifs is 2. The molecule has 0 saturated heterocycles. The third kappa shape index (κ3) is 4.40. The van der Waals surface area contributed by atoms with Gasteiger partial charge in [0.15, 0.2) is 0 Å². The average molecular weight is 427 g/mol. The van der Waals surface area contributed by atoms with Gasteiger partial charge in [-0.25, -0.2) is 5.10 Å². The van der Waals surface area contributed by atoms with E-state index in [2.05, 4.69) is 26.6 Å². The van der Waals surface area contributed by atoms with E-state index in [-0.39, 0.29) is 11.5 Å². The lowest BCUT2D eigenvalue weighted by Gasteiger charge is -2.11. The molecule has 4 aromatic rings. The molecule has 0 atom stereocenters. The fourth-order valence-electron chi connectivity index (χ4n) is 4.70. The SMILES string of the molecule is O=C(CCC1CCCC1)Nc1ccc2c(Cc3cnc4ccccc4c3)n[nH]c(=O)c2c1. The van der Waals surface area contributed by atoms with Crippen LogP contribution in [0.25, 0.3) is 21.7 Å². The van der Waals surface area contributed by atoms with E-state index in [0.29, 0.717) is 29.8 Å². The molecule has 6 heteroatoms.